The van der Waals surface area contributed by atoms with Crippen LogP contribution in [0, 0.1) is 0 Å². The van der Waals surface area contributed by atoms with Crippen LogP contribution in [0.25, 0.3) is 0 Å². The Morgan fingerprint density at radius 2 is 1.58 bits per heavy atom. The molecule has 1 atom stereocenters. The highest BCUT2D eigenvalue weighted by Crippen LogP contribution is 2.33. The number of nitrogens with zero attached hydrogens (tertiary/aromatic N) is 2. The molecule has 0 saturated carbocycles. The smallest absolute Gasteiger partial charge is 0.244 e. The zero-order chi connectivity index (χ0) is 27.0. The van der Waals surface area contributed by atoms with Gasteiger partial charge in [-0.2, -0.15) is 0 Å². The third kappa shape index (κ3) is 7.51. The zero-order valence-corrected chi connectivity index (χ0v) is 22.6. The van der Waals surface area contributed by atoms with E-state index in [0.29, 0.717) is 11.5 Å². The molecule has 1 N–H and O–H groups in total. The second-order valence-electron chi connectivity index (χ2n) is 8.52. The van der Waals surface area contributed by atoms with Gasteiger partial charge in [-0.05, 0) is 50.6 Å². The molecule has 2 rings (SSSR count). The molecule has 0 aliphatic heterocycles. The summed E-state index contributed by atoms with van der Waals surface area (Å²) in [5.74, 6) is 0.369. The lowest BCUT2D eigenvalue weighted by atomic mass is 10.1. The largest absolute Gasteiger partial charge is 0.497 e. The van der Waals surface area contributed by atoms with Crippen LogP contribution in [-0.2, 0) is 26.2 Å². The maximum Gasteiger partial charge on any atom is 0.244 e. The van der Waals surface area contributed by atoms with E-state index in [4.69, 9.17) is 14.2 Å². The van der Waals surface area contributed by atoms with Gasteiger partial charge in [-0.3, -0.25) is 13.9 Å². The predicted octanol–water partition coefficient (Wildman–Crippen LogP) is 2.42. The number of nitrogens with one attached hydrogen (secondary N) is 1. The molecule has 36 heavy (non-hydrogen) atoms. The normalized spacial score (nSPS) is 12.0. The first-order valence-electron chi connectivity index (χ1n) is 11.3. The molecule has 198 valence electrons. The molecule has 0 aromatic heterocycles. The summed E-state index contributed by atoms with van der Waals surface area (Å²) in [5.41, 5.74) is 0.898. The fraction of sp³-hybridized carbons (Fsp3) is 0.440. The summed E-state index contributed by atoms with van der Waals surface area (Å²) in [7, 11) is 0.507. The Labute approximate surface area is 213 Å². The lowest BCUT2D eigenvalue weighted by molar-refractivity contribution is -0.139. The molecule has 2 amide bonds. The van der Waals surface area contributed by atoms with Crippen LogP contribution < -0.4 is 23.8 Å². The highest BCUT2D eigenvalue weighted by molar-refractivity contribution is 7.92. The molecule has 0 unspecified atom stereocenters. The van der Waals surface area contributed by atoms with Crippen molar-refractivity contribution in [3.8, 4) is 17.2 Å². The van der Waals surface area contributed by atoms with E-state index in [1.54, 1.807) is 37.3 Å². The number of hydrogen-bond acceptors (Lipinski definition) is 7. The maximum absolute atomic E-state index is 13.6. The minimum Gasteiger partial charge on any atom is -0.497 e. The van der Waals surface area contributed by atoms with Gasteiger partial charge in [-0.15, -0.1) is 0 Å². The van der Waals surface area contributed by atoms with Gasteiger partial charge in [0.2, 0.25) is 21.8 Å². The Morgan fingerprint density at radius 3 is 2.14 bits per heavy atom. The average Bonchev–Trinajstić information content (AvgIpc) is 2.83. The molecule has 0 aliphatic carbocycles. The van der Waals surface area contributed by atoms with E-state index in [2.05, 4.69) is 5.32 Å². The number of carbonyl (C=O) groups excluding carboxylic acids is 2. The first-order chi connectivity index (χ1) is 16.9. The summed E-state index contributed by atoms with van der Waals surface area (Å²) in [6, 6.07) is 10.7. The van der Waals surface area contributed by atoms with Gasteiger partial charge in [0.15, 0.2) is 0 Å². The molecular formula is C25H35N3O7S. The summed E-state index contributed by atoms with van der Waals surface area (Å²) < 4.78 is 42.3. The Kier molecular flexibility index (Phi) is 9.97. The van der Waals surface area contributed by atoms with Gasteiger partial charge in [0.1, 0.15) is 29.8 Å². The van der Waals surface area contributed by atoms with Crippen molar-refractivity contribution in [3.05, 3.63) is 48.0 Å². The Hall–Kier alpha value is -3.47. The summed E-state index contributed by atoms with van der Waals surface area (Å²) in [5, 5.41) is 2.81. The number of ether oxygens (including phenoxy) is 3. The van der Waals surface area contributed by atoms with Gasteiger partial charge in [-0.25, -0.2) is 8.42 Å². The number of sulfonamides is 1. The van der Waals surface area contributed by atoms with Gasteiger partial charge < -0.3 is 24.4 Å². The third-order valence-electron chi connectivity index (χ3n) is 5.42. The van der Waals surface area contributed by atoms with Crippen LogP contribution in [0.15, 0.2) is 42.5 Å². The average molecular weight is 522 g/mol. The van der Waals surface area contributed by atoms with E-state index >= 15 is 0 Å². The van der Waals surface area contributed by atoms with Crippen LogP contribution in [0.2, 0.25) is 0 Å². The summed E-state index contributed by atoms with van der Waals surface area (Å²) >= 11 is 0. The molecule has 0 fully saturated rings. The Morgan fingerprint density at radius 1 is 0.944 bits per heavy atom. The first kappa shape index (κ1) is 28.8. The number of carbonyl (C=O) groups is 2. The molecule has 10 nitrogen and oxygen atoms in total. The Balaban J connectivity index is 2.47. The fourth-order valence-electron chi connectivity index (χ4n) is 3.54. The maximum atomic E-state index is 13.6. The van der Waals surface area contributed by atoms with Gasteiger partial charge >= 0.3 is 0 Å². The van der Waals surface area contributed by atoms with Crippen molar-refractivity contribution in [2.45, 2.75) is 39.4 Å². The SMILES string of the molecule is COc1cccc(CN(C(=O)CN(c2ccc(OC)cc2OC)S(C)(=O)=O)[C@H](C)C(=O)NC(C)C)c1. The summed E-state index contributed by atoms with van der Waals surface area (Å²) in [6.07, 6.45) is 1.01. The zero-order valence-electron chi connectivity index (χ0n) is 21.8. The second-order valence-corrected chi connectivity index (χ2v) is 10.4. The van der Waals surface area contributed by atoms with Gasteiger partial charge in [-0.1, -0.05) is 12.1 Å². The lowest BCUT2D eigenvalue weighted by Gasteiger charge is -2.32. The molecule has 0 bridgehead atoms. The van der Waals surface area contributed by atoms with E-state index in [1.165, 1.54) is 38.4 Å². The molecule has 11 heteroatoms. The second kappa shape index (κ2) is 12.5. The van der Waals surface area contributed by atoms with Gasteiger partial charge in [0.25, 0.3) is 0 Å². The van der Waals surface area contributed by atoms with E-state index in [1.807, 2.05) is 13.8 Å². The Bertz CT molecular complexity index is 1170. The lowest BCUT2D eigenvalue weighted by Crippen LogP contribution is -2.52. The van der Waals surface area contributed by atoms with Crippen LogP contribution >= 0.6 is 0 Å². The van der Waals surface area contributed by atoms with E-state index in [9.17, 15) is 18.0 Å². The van der Waals surface area contributed by atoms with Crippen molar-refractivity contribution in [3.63, 3.8) is 0 Å². The number of amides is 2. The van der Waals surface area contributed by atoms with Crippen LogP contribution in [0.5, 0.6) is 17.2 Å². The first-order valence-corrected chi connectivity index (χ1v) is 13.2. The monoisotopic (exact) mass is 521 g/mol. The van der Waals surface area contributed by atoms with Crippen molar-refractivity contribution in [2.75, 3.05) is 38.4 Å². The topological polar surface area (TPSA) is 114 Å². The van der Waals surface area contributed by atoms with Crippen molar-refractivity contribution >= 4 is 27.5 Å². The number of methoxy groups -OCH3 is 3. The molecule has 2 aromatic carbocycles. The molecule has 0 radical (unpaired) electrons. The highest BCUT2D eigenvalue weighted by atomic mass is 32.2. The quantitative estimate of drug-likeness (QED) is 0.456. The van der Waals surface area contributed by atoms with Crippen LogP contribution in [0.4, 0.5) is 5.69 Å². The highest BCUT2D eigenvalue weighted by Gasteiger charge is 2.31. The number of hydrogen-bond donors (Lipinski definition) is 1. The molecule has 0 aliphatic rings. The van der Waals surface area contributed by atoms with E-state index in [0.717, 1.165) is 16.1 Å². The van der Waals surface area contributed by atoms with Crippen molar-refractivity contribution < 1.29 is 32.2 Å². The van der Waals surface area contributed by atoms with Crippen LogP contribution in [0.1, 0.15) is 26.3 Å². The predicted molar refractivity (Wildman–Crippen MR) is 138 cm³/mol. The fourth-order valence-corrected chi connectivity index (χ4v) is 4.39. The number of rotatable bonds is 12. The van der Waals surface area contributed by atoms with Crippen molar-refractivity contribution in [1.29, 1.82) is 0 Å². The third-order valence-corrected chi connectivity index (χ3v) is 6.55. The minimum atomic E-state index is -3.90. The van der Waals surface area contributed by atoms with E-state index in [-0.39, 0.29) is 29.9 Å². The van der Waals surface area contributed by atoms with E-state index < -0.39 is 28.5 Å². The number of benzene rings is 2. The number of anilines is 1. The molecule has 0 saturated heterocycles. The van der Waals surface area contributed by atoms with Crippen molar-refractivity contribution in [2.24, 2.45) is 0 Å². The van der Waals surface area contributed by atoms with Crippen molar-refractivity contribution in [1.82, 2.24) is 10.2 Å². The molecule has 0 spiro atoms. The van der Waals surface area contributed by atoms with Gasteiger partial charge in [0.05, 0.1) is 33.3 Å². The van der Waals surface area contributed by atoms with Crippen LogP contribution in [-0.4, -0.2) is 71.3 Å². The standard InChI is InChI=1S/C25H35N3O7S/c1-17(2)26-25(30)18(3)27(15-19-9-8-10-20(13-19)33-4)24(29)16-28(36(7,31)32)22-12-11-21(34-5)14-23(22)35-6/h8-14,17-18H,15-16H2,1-7H3,(H,26,30)/t18-/m1/s1. The molecular weight excluding hydrogens is 486 g/mol. The minimum absolute atomic E-state index is 0.0695. The van der Waals surface area contributed by atoms with Crippen LogP contribution in [0.3, 0.4) is 0 Å². The molecule has 0 heterocycles. The molecule has 2 aromatic rings. The van der Waals surface area contributed by atoms with Gasteiger partial charge in [0, 0.05) is 18.7 Å². The summed E-state index contributed by atoms with van der Waals surface area (Å²) in [6.45, 7) is 4.78. The summed E-state index contributed by atoms with van der Waals surface area (Å²) in [4.78, 5) is 27.8.